The van der Waals surface area contributed by atoms with Gasteiger partial charge in [0.05, 0.1) is 6.04 Å². The molecule has 3 aliphatic rings. The van der Waals surface area contributed by atoms with Crippen LogP contribution in [0.1, 0.15) is 24.0 Å². The maximum Gasteiger partial charge on any atom is 0.411 e. The lowest BCUT2D eigenvalue weighted by Crippen LogP contribution is -2.60. The number of nitrogens with one attached hydrogen (secondary N) is 1. The standard InChI is InChI=1S/C21H25N3O2/c1-15-5-2-3-7-18(15)23-21(25)26-20-17-8-11-24(12-9-17)19(20)13-16-6-4-10-22-14-16/h2-7,10,14,17,19-20H,8-9,11-13H2,1H3,(H,23,25). The van der Waals surface area contributed by atoms with Crippen LogP contribution in [-0.4, -0.2) is 41.2 Å². The second-order valence-corrected chi connectivity index (χ2v) is 7.32. The van der Waals surface area contributed by atoms with Crippen molar-refractivity contribution in [3.05, 3.63) is 59.9 Å². The minimum atomic E-state index is -0.353. The zero-order valence-electron chi connectivity index (χ0n) is 15.1. The lowest BCUT2D eigenvalue weighted by molar-refractivity contribution is -0.0741. The van der Waals surface area contributed by atoms with E-state index in [9.17, 15) is 4.79 Å². The molecule has 1 amide bonds. The molecule has 0 radical (unpaired) electrons. The predicted octanol–water partition coefficient (Wildman–Crippen LogP) is 3.64. The number of pyridine rings is 1. The number of ether oxygens (including phenoxy) is 1. The second kappa shape index (κ2) is 7.46. The van der Waals surface area contributed by atoms with Crippen LogP contribution in [0.2, 0.25) is 0 Å². The third kappa shape index (κ3) is 3.58. The van der Waals surface area contributed by atoms with Crippen LogP contribution in [0, 0.1) is 12.8 Å². The van der Waals surface area contributed by atoms with Gasteiger partial charge in [-0.25, -0.2) is 4.79 Å². The van der Waals surface area contributed by atoms with Gasteiger partial charge in [0.2, 0.25) is 0 Å². The number of carbonyl (C=O) groups excluding carboxylic acids is 1. The number of benzene rings is 1. The molecule has 4 heterocycles. The van der Waals surface area contributed by atoms with E-state index < -0.39 is 0 Å². The molecule has 0 saturated carbocycles. The summed E-state index contributed by atoms with van der Waals surface area (Å²) < 4.78 is 5.96. The number of rotatable bonds is 4. The number of hydrogen-bond donors (Lipinski definition) is 1. The number of piperidine rings is 3. The van der Waals surface area contributed by atoms with Gasteiger partial charge in [-0.2, -0.15) is 0 Å². The number of aryl methyl sites for hydroxylation is 1. The Hall–Kier alpha value is -2.40. The Morgan fingerprint density at radius 3 is 2.77 bits per heavy atom. The van der Waals surface area contributed by atoms with Crippen LogP contribution in [0.15, 0.2) is 48.8 Å². The third-order valence-electron chi connectivity index (χ3n) is 5.68. The van der Waals surface area contributed by atoms with Crippen LogP contribution < -0.4 is 5.32 Å². The Morgan fingerprint density at radius 2 is 2.04 bits per heavy atom. The van der Waals surface area contributed by atoms with Crippen molar-refractivity contribution < 1.29 is 9.53 Å². The zero-order chi connectivity index (χ0) is 17.9. The van der Waals surface area contributed by atoms with Crippen LogP contribution in [0.3, 0.4) is 0 Å². The summed E-state index contributed by atoms with van der Waals surface area (Å²) >= 11 is 0. The molecule has 5 heteroatoms. The molecule has 1 aromatic heterocycles. The van der Waals surface area contributed by atoms with Crippen molar-refractivity contribution in [3.8, 4) is 0 Å². The molecule has 26 heavy (non-hydrogen) atoms. The summed E-state index contributed by atoms with van der Waals surface area (Å²) in [6.45, 7) is 4.17. The summed E-state index contributed by atoms with van der Waals surface area (Å²) in [4.78, 5) is 19.2. The van der Waals surface area contributed by atoms with Gasteiger partial charge < -0.3 is 4.74 Å². The van der Waals surface area contributed by atoms with E-state index in [-0.39, 0.29) is 18.2 Å². The molecule has 136 valence electrons. The molecule has 1 N–H and O–H groups in total. The van der Waals surface area contributed by atoms with E-state index in [1.54, 1.807) is 6.20 Å². The Labute approximate surface area is 154 Å². The van der Waals surface area contributed by atoms with Crippen LogP contribution in [-0.2, 0) is 11.2 Å². The van der Waals surface area contributed by atoms with Gasteiger partial charge in [0.25, 0.3) is 0 Å². The highest BCUT2D eigenvalue weighted by atomic mass is 16.6. The lowest BCUT2D eigenvalue weighted by atomic mass is 9.78. The summed E-state index contributed by atoms with van der Waals surface area (Å²) in [5, 5.41) is 2.91. The molecule has 2 bridgehead atoms. The number of hydrogen-bond acceptors (Lipinski definition) is 4. The highest BCUT2D eigenvalue weighted by Crippen LogP contribution is 2.36. The Balaban J connectivity index is 1.47. The predicted molar refractivity (Wildman–Crippen MR) is 101 cm³/mol. The Morgan fingerprint density at radius 1 is 1.23 bits per heavy atom. The lowest BCUT2D eigenvalue weighted by Gasteiger charge is -2.50. The molecule has 5 nitrogen and oxygen atoms in total. The quantitative estimate of drug-likeness (QED) is 0.914. The van der Waals surface area contributed by atoms with Crippen molar-refractivity contribution in [1.82, 2.24) is 9.88 Å². The van der Waals surface area contributed by atoms with E-state index in [4.69, 9.17) is 4.74 Å². The number of aromatic nitrogens is 1. The number of nitrogens with zero attached hydrogens (tertiary/aromatic N) is 2. The van der Waals surface area contributed by atoms with E-state index in [1.807, 2.05) is 43.5 Å². The van der Waals surface area contributed by atoms with Crippen molar-refractivity contribution >= 4 is 11.8 Å². The zero-order valence-corrected chi connectivity index (χ0v) is 15.1. The SMILES string of the molecule is Cc1ccccc1NC(=O)OC1C2CCN(CC2)C1Cc1cccnc1. The summed E-state index contributed by atoms with van der Waals surface area (Å²) in [7, 11) is 0. The molecule has 2 aromatic rings. The van der Waals surface area contributed by atoms with Crippen molar-refractivity contribution in [2.24, 2.45) is 5.92 Å². The molecule has 3 fully saturated rings. The monoisotopic (exact) mass is 351 g/mol. The first-order valence-corrected chi connectivity index (χ1v) is 9.37. The molecule has 0 spiro atoms. The van der Waals surface area contributed by atoms with E-state index >= 15 is 0 Å². The van der Waals surface area contributed by atoms with Crippen molar-refractivity contribution in [2.45, 2.75) is 38.3 Å². The van der Waals surface area contributed by atoms with Gasteiger partial charge in [-0.15, -0.1) is 0 Å². The number of amides is 1. The molecule has 2 atom stereocenters. The van der Waals surface area contributed by atoms with Crippen molar-refractivity contribution in [3.63, 3.8) is 0 Å². The fourth-order valence-corrected chi connectivity index (χ4v) is 4.26. The largest absolute Gasteiger partial charge is 0.444 e. The minimum Gasteiger partial charge on any atom is -0.444 e. The van der Waals surface area contributed by atoms with E-state index in [2.05, 4.69) is 21.3 Å². The maximum atomic E-state index is 12.5. The average Bonchev–Trinajstić information content (AvgIpc) is 2.67. The number of fused-ring (bicyclic) bond motifs is 3. The fraction of sp³-hybridized carbons (Fsp3) is 0.429. The fourth-order valence-electron chi connectivity index (χ4n) is 4.26. The van der Waals surface area contributed by atoms with Crippen LogP contribution in [0.25, 0.3) is 0 Å². The van der Waals surface area contributed by atoms with Gasteiger partial charge in [0, 0.05) is 24.0 Å². The Kier molecular flexibility index (Phi) is 4.89. The molecule has 1 aromatic carbocycles. The number of carbonyl (C=O) groups is 1. The number of anilines is 1. The normalized spacial score (nSPS) is 27.1. The van der Waals surface area contributed by atoms with Gasteiger partial charge in [0.15, 0.2) is 0 Å². The van der Waals surface area contributed by atoms with Crippen molar-refractivity contribution in [1.29, 1.82) is 0 Å². The number of para-hydroxylation sites is 1. The minimum absolute atomic E-state index is 0.0678. The van der Waals surface area contributed by atoms with Gasteiger partial charge in [-0.1, -0.05) is 24.3 Å². The average molecular weight is 351 g/mol. The third-order valence-corrected chi connectivity index (χ3v) is 5.68. The summed E-state index contributed by atoms with van der Waals surface area (Å²) in [6.07, 6.45) is 6.36. The molecular formula is C21H25N3O2. The van der Waals surface area contributed by atoms with Crippen LogP contribution >= 0.6 is 0 Å². The smallest absolute Gasteiger partial charge is 0.411 e. The van der Waals surface area contributed by atoms with Crippen LogP contribution in [0.4, 0.5) is 10.5 Å². The van der Waals surface area contributed by atoms with Crippen LogP contribution in [0.5, 0.6) is 0 Å². The Bertz CT molecular complexity index is 757. The first kappa shape index (κ1) is 17.0. The van der Waals surface area contributed by atoms with Gasteiger partial charge in [0.1, 0.15) is 6.10 Å². The highest BCUT2D eigenvalue weighted by molar-refractivity contribution is 5.85. The second-order valence-electron chi connectivity index (χ2n) is 7.32. The summed E-state index contributed by atoms with van der Waals surface area (Å²) in [6, 6.07) is 12.1. The van der Waals surface area contributed by atoms with E-state index in [0.29, 0.717) is 5.92 Å². The van der Waals surface area contributed by atoms with Gasteiger partial charge >= 0.3 is 6.09 Å². The molecule has 5 rings (SSSR count). The maximum absolute atomic E-state index is 12.5. The molecule has 2 unspecified atom stereocenters. The first-order valence-electron chi connectivity index (χ1n) is 9.37. The highest BCUT2D eigenvalue weighted by Gasteiger charge is 2.44. The molecule has 3 aliphatic heterocycles. The van der Waals surface area contributed by atoms with E-state index in [0.717, 1.165) is 43.6 Å². The first-order chi connectivity index (χ1) is 12.7. The molecule has 0 aliphatic carbocycles. The topological polar surface area (TPSA) is 54.5 Å². The van der Waals surface area contributed by atoms with Crippen molar-refractivity contribution in [2.75, 3.05) is 18.4 Å². The van der Waals surface area contributed by atoms with Gasteiger partial charge in [-0.3, -0.25) is 15.2 Å². The molecule has 3 saturated heterocycles. The summed E-state index contributed by atoms with van der Waals surface area (Å²) in [5.41, 5.74) is 3.03. The summed E-state index contributed by atoms with van der Waals surface area (Å²) in [5.74, 6) is 0.448. The van der Waals surface area contributed by atoms with Gasteiger partial charge in [-0.05, 0) is 62.5 Å². The molecular weight excluding hydrogens is 326 g/mol. The van der Waals surface area contributed by atoms with E-state index in [1.165, 1.54) is 5.56 Å².